The molecule has 0 radical (unpaired) electrons. The minimum Gasteiger partial charge on any atom is -0.314 e. The molecule has 2 aliphatic carbocycles. The van der Waals surface area contributed by atoms with Crippen LogP contribution in [0.1, 0.15) is 51.4 Å². The summed E-state index contributed by atoms with van der Waals surface area (Å²) in [5, 5.41) is 3.64. The van der Waals surface area contributed by atoms with Crippen LogP contribution in [0.15, 0.2) is 0 Å². The average Bonchev–Trinajstić information content (AvgIpc) is 3.10. The molecule has 2 atom stereocenters. The van der Waals surface area contributed by atoms with Crippen molar-refractivity contribution in [2.45, 2.75) is 57.4 Å². The molecule has 3 nitrogen and oxygen atoms in total. The standard InChI is InChI=1S/C14H27NO2S/c1-18(16,17)10-4-7-12-5-2-3-6-13(12)11-15-14-8-9-14/h12-15H,2-11H2,1H3. The Morgan fingerprint density at radius 2 is 1.72 bits per heavy atom. The molecule has 106 valence electrons. The van der Waals surface area contributed by atoms with Gasteiger partial charge >= 0.3 is 0 Å². The molecule has 0 aromatic heterocycles. The lowest BCUT2D eigenvalue weighted by atomic mass is 9.77. The number of nitrogens with one attached hydrogen (secondary N) is 1. The molecule has 0 aromatic carbocycles. The third-order valence-electron chi connectivity index (χ3n) is 4.40. The molecule has 1 N–H and O–H groups in total. The fourth-order valence-corrected chi connectivity index (χ4v) is 3.84. The molecule has 0 saturated heterocycles. The molecule has 4 heteroatoms. The fraction of sp³-hybridized carbons (Fsp3) is 1.00. The zero-order valence-corrected chi connectivity index (χ0v) is 12.3. The van der Waals surface area contributed by atoms with Gasteiger partial charge in [0.15, 0.2) is 0 Å². The Morgan fingerprint density at radius 3 is 2.33 bits per heavy atom. The van der Waals surface area contributed by atoms with Crippen LogP contribution in [0.4, 0.5) is 0 Å². The van der Waals surface area contributed by atoms with E-state index in [1.807, 2.05) is 0 Å². The maximum atomic E-state index is 11.2. The molecule has 2 rings (SSSR count). The summed E-state index contributed by atoms with van der Waals surface area (Å²) in [4.78, 5) is 0. The third-order valence-corrected chi connectivity index (χ3v) is 5.43. The van der Waals surface area contributed by atoms with Crippen LogP contribution < -0.4 is 5.32 Å². The topological polar surface area (TPSA) is 46.2 Å². The molecule has 2 unspecified atom stereocenters. The van der Waals surface area contributed by atoms with Crippen molar-refractivity contribution >= 4 is 9.84 Å². The van der Waals surface area contributed by atoms with Crippen LogP contribution >= 0.6 is 0 Å². The van der Waals surface area contributed by atoms with Gasteiger partial charge in [-0.05, 0) is 50.5 Å². The lowest BCUT2D eigenvalue weighted by Gasteiger charge is -2.32. The summed E-state index contributed by atoms with van der Waals surface area (Å²) in [5.41, 5.74) is 0. The summed E-state index contributed by atoms with van der Waals surface area (Å²) in [6, 6.07) is 0.795. The van der Waals surface area contributed by atoms with E-state index in [1.165, 1.54) is 44.8 Å². The molecule has 0 bridgehead atoms. The summed E-state index contributed by atoms with van der Waals surface area (Å²) in [6.07, 6.45) is 11.3. The maximum Gasteiger partial charge on any atom is 0.147 e. The molecular weight excluding hydrogens is 246 g/mol. The number of sulfone groups is 1. The molecule has 0 amide bonds. The molecule has 0 heterocycles. The second-order valence-corrected chi connectivity index (χ2v) is 8.52. The lowest BCUT2D eigenvalue weighted by molar-refractivity contribution is 0.216. The van der Waals surface area contributed by atoms with E-state index in [2.05, 4.69) is 5.32 Å². The van der Waals surface area contributed by atoms with Crippen LogP contribution in [0.2, 0.25) is 0 Å². The summed E-state index contributed by atoms with van der Waals surface area (Å²) >= 11 is 0. The summed E-state index contributed by atoms with van der Waals surface area (Å²) in [5.74, 6) is 1.91. The molecular formula is C14H27NO2S. The number of hydrogen-bond donors (Lipinski definition) is 1. The predicted molar refractivity (Wildman–Crippen MR) is 75.4 cm³/mol. The highest BCUT2D eigenvalue weighted by Gasteiger charge is 2.27. The van der Waals surface area contributed by atoms with Gasteiger partial charge < -0.3 is 5.32 Å². The van der Waals surface area contributed by atoms with Gasteiger partial charge in [-0.25, -0.2) is 8.42 Å². The van der Waals surface area contributed by atoms with E-state index in [0.29, 0.717) is 5.75 Å². The predicted octanol–water partition coefficient (Wildman–Crippen LogP) is 2.37. The van der Waals surface area contributed by atoms with E-state index in [-0.39, 0.29) is 0 Å². The Kier molecular flexibility index (Phi) is 5.07. The van der Waals surface area contributed by atoms with Gasteiger partial charge in [0.25, 0.3) is 0 Å². The van der Waals surface area contributed by atoms with Crippen molar-refractivity contribution in [3.05, 3.63) is 0 Å². The van der Waals surface area contributed by atoms with E-state index in [1.54, 1.807) is 0 Å². The first-order valence-electron chi connectivity index (χ1n) is 7.46. The van der Waals surface area contributed by atoms with Gasteiger partial charge in [-0.3, -0.25) is 0 Å². The smallest absolute Gasteiger partial charge is 0.147 e. The van der Waals surface area contributed by atoms with Gasteiger partial charge in [-0.1, -0.05) is 19.3 Å². The van der Waals surface area contributed by atoms with Crippen molar-refractivity contribution in [3.8, 4) is 0 Å². The lowest BCUT2D eigenvalue weighted by Crippen LogP contribution is -2.32. The third kappa shape index (κ3) is 5.27. The van der Waals surface area contributed by atoms with Crippen molar-refractivity contribution in [2.24, 2.45) is 11.8 Å². The molecule has 2 fully saturated rings. The van der Waals surface area contributed by atoms with Crippen molar-refractivity contribution in [3.63, 3.8) is 0 Å². The highest BCUT2D eigenvalue weighted by Crippen LogP contribution is 2.33. The molecule has 18 heavy (non-hydrogen) atoms. The van der Waals surface area contributed by atoms with Gasteiger partial charge in [0.1, 0.15) is 9.84 Å². The monoisotopic (exact) mass is 273 g/mol. The minimum absolute atomic E-state index is 0.367. The SMILES string of the molecule is CS(=O)(=O)CCCC1CCCCC1CNC1CC1. The molecule has 0 aliphatic heterocycles. The zero-order chi connectivity index (χ0) is 13.0. The highest BCUT2D eigenvalue weighted by atomic mass is 32.2. The number of rotatable bonds is 7. The molecule has 0 aromatic rings. The molecule has 2 saturated carbocycles. The van der Waals surface area contributed by atoms with Gasteiger partial charge in [0.2, 0.25) is 0 Å². The summed E-state index contributed by atoms with van der Waals surface area (Å²) < 4.78 is 22.3. The van der Waals surface area contributed by atoms with E-state index >= 15 is 0 Å². The zero-order valence-electron chi connectivity index (χ0n) is 11.5. The van der Waals surface area contributed by atoms with Crippen molar-refractivity contribution in [1.82, 2.24) is 5.32 Å². The van der Waals surface area contributed by atoms with Crippen LogP contribution in [0, 0.1) is 11.8 Å². The Labute approximate surface area is 112 Å². The van der Waals surface area contributed by atoms with E-state index in [0.717, 1.165) is 37.3 Å². The van der Waals surface area contributed by atoms with Gasteiger partial charge in [0.05, 0.1) is 0 Å². The first-order valence-corrected chi connectivity index (χ1v) is 9.52. The van der Waals surface area contributed by atoms with E-state index < -0.39 is 9.84 Å². The first-order chi connectivity index (χ1) is 8.54. The van der Waals surface area contributed by atoms with Crippen molar-refractivity contribution in [2.75, 3.05) is 18.6 Å². The minimum atomic E-state index is -2.77. The number of hydrogen-bond acceptors (Lipinski definition) is 3. The van der Waals surface area contributed by atoms with Gasteiger partial charge in [-0.15, -0.1) is 0 Å². The largest absolute Gasteiger partial charge is 0.314 e. The second kappa shape index (κ2) is 6.38. The Bertz CT molecular complexity index is 349. The van der Waals surface area contributed by atoms with E-state index in [9.17, 15) is 8.42 Å². The van der Waals surface area contributed by atoms with Crippen molar-refractivity contribution in [1.29, 1.82) is 0 Å². The van der Waals surface area contributed by atoms with Gasteiger partial charge in [0, 0.05) is 18.1 Å². The molecule has 0 spiro atoms. The van der Waals surface area contributed by atoms with Crippen molar-refractivity contribution < 1.29 is 8.42 Å². The average molecular weight is 273 g/mol. The Balaban J connectivity index is 1.71. The van der Waals surface area contributed by atoms with Crippen LogP contribution in [0.5, 0.6) is 0 Å². The fourth-order valence-electron chi connectivity index (χ4n) is 3.15. The first kappa shape index (κ1) is 14.3. The summed E-state index contributed by atoms with van der Waals surface area (Å²) in [7, 11) is -2.77. The quantitative estimate of drug-likeness (QED) is 0.774. The normalized spacial score (nSPS) is 29.4. The summed E-state index contributed by atoms with van der Waals surface area (Å²) in [6.45, 7) is 1.16. The second-order valence-electron chi connectivity index (χ2n) is 6.26. The van der Waals surface area contributed by atoms with Crippen LogP contribution in [0.3, 0.4) is 0 Å². The van der Waals surface area contributed by atoms with Crippen LogP contribution in [0.25, 0.3) is 0 Å². The van der Waals surface area contributed by atoms with E-state index in [4.69, 9.17) is 0 Å². The van der Waals surface area contributed by atoms with Crippen LogP contribution in [-0.2, 0) is 9.84 Å². The Morgan fingerprint density at radius 1 is 1.06 bits per heavy atom. The Hall–Kier alpha value is -0.0900. The molecule has 2 aliphatic rings. The highest BCUT2D eigenvalue weighted by molar-refractivity contribution is 7.90. The van der Waals surface area contributed by atoms with Gasteiger partial charge in [-0.2, -0.15) is 0 Å². The van der Waals surface area contributed by atoms with Crippen LogP contribution in [-0.4, -0.2) is 33.0 Å². The maximum absolute atomic E-state index is 11.2.